The fraction of sp³-hybridized carbons (Fsp3) is 0.556. The number of esters is 1. The standard InChI is InChI=1S/C36H51N3O7S2/c1-24(2)45-34(42)31(16-18-47-7)38-33(41)30-21-28(14-13-26(30)19-25-11-9-8-10-12-25)39(32(40)15-17-44-6)23-27-20-29(22-37-27)48-35(43)46-36(3,4)5/h8-14,21,24,27,29,31,37H,15-20,22-23H2,1-7H3,(H,38,41). The first kappa shape index (κ1) is 39.4. The third-order valence-corrected chi connectivity index (χ3v) is 9.11. The van der Waals surface area contributed by atoms with Crippen LogP contribution in [0.3, 0.4) is 0 Å². The van der Waals surface area contributed by atoms with E-state index in [9.17, 15) is 19.2 Å². The number of amides is 2. The normalized spacial score (nSPS) is 16.8. The highest BCUT2D eigenvalue weighted by Crippen LogP contribution is 2.28. The number of hydrogen-bond acceptors (Lipinski definition) is 10. The topological polar surface area (TPSA) is 123 Å². The number of rotatable bonds is 16. The molecule has 0 radical (unpaired) electrons. The Balaban J connectivity index is 1.93. The van der Waals surface area contributed by atoms with Crippen LogP contribution in [0.5, 0.6) is 0 Å². The van der Waals surface area contributed by atoms with Crippen molar-refractivity contribution in [3.8, 4) is 0 Å². The number of carbonyl (C=O) groups excluding carboxylic acids is 4. The average Bonchev–Trinajstić information content (AvgIpc) is 3.46. The summed E-state index contributed by atoms with van der Waals surface area (Å²) in [6.45, 7) is 10.3. The van der Waals surface area contributed by atoms with Crippen LogP contribution in [0.25, 0.3) is 0 Å². The molecule has 1 heterocycles. The predicted octanol–water partition coefficient (Wildman–Crippen LogP) is 5.85. The Morgan fingerprint density at radius 3 is 2.46 bits per heavy atom. The number of hydrogen-bond donors (Lipinski definition) is 2. The van der Waals surface area contributed by atoms with Crippen LogP contribution in [0.4, 0.5) is 10.5 Å². The fourth-order valence-electron chi connectivity index (χ4n) is 5.27. The molecule has 1 saturated heterocycles. The summed E-state index contributed by atoms with van der Waals surface area (Å²) in [6.07, 6.45) is 3.35. The van der Waals surface area contributed by atoms with E-state index in [1.807, 2.05) is 69.5 Å². The summed E-state index contributed by atoms with van der Waals surface area (Å²) >= 11 is 2.75. The molecule has 0 aromatic heterocycles. The third kappa shape index (κ3) is 13.1. The van der Waals surface area contributed by atoms with Crippen molar-refractivity contribution >= 4 is 52.3 Å². The molecule has 1 aliphatic heterocycles. The van der Waals surface area contributed by atoms with Crippen LogP contribution < -0.4 is 15.5 Å². The van der Waals surface area contributed by atoms with Gasteiger partial charge in [0.2, 0.25) is 5.91 Å². The lowest BCUT2D eigenvalue weighted by Crippen LogP contribution is -2.43. The van der Waals surface area contributed by atoms with E-state index in [1.54, 1.807) is 43.7 Å². The van der Waals surface area contributed by atoms with Crippen molar-refractivity contribution in [3.05, 3.63) is 65.2 Å². The van der Waals surface area contributed by atoms with Gasteiger partial charge in [-0.25, -0.2) is 9.59 Å². The molecule has 0 bridgehead atoms. The minimum Gasteiger partial charge on any atom is -0.461 e. The average molecular weight is 702 g/mol. The highest BCUT2D eigenvalue weighted by Gasteiger charge is 2.32. The van der Waals surface area contributed by atoms with Crippen molar-refractivity contribution in [2.24, 2.45) is 0 Å². The maximum Gasteiger partial charge on any atom is 0.368 e. The Morgan fingerprint density at radius 1 is 1.08 bits per heavy atom. The number of thioether (sulfide) groups is 2. The molecule has 1 fully saturated rings. The number of nitrogens with one attached hydrogen (secondary N) is 2. The lowest BCUT2D eigenvalue weighted by Gasteiger charge is -2.27. The number of methoxy groups -OCH3 is 1. The van der Waals surface area contributed by atoms with Crippen molar-refractivity contribution in [1.82, 2.24) is 10.6 Å². The van der Waals surface area contributed by atoms with E-state index in [2.05, 4.69) is 10.6 Å². The van der Waals surface area contributed by atoms with Gasteiger partial charge in [0, 0.05) is 42.7 Å². The van der Waals surface area contributed by atoms with E-state index in [0.717, 1.165) is 11.1 Å². The van der Waals surface area contributed by atoms with E-state index in [0.29, 0.717) is 49.4 Å². The van der Waals surface area contributed by atoms with Crippen molar-refractivity contribution in [1.29, 1.82) is 0 Å². The van der Waals surface area contributed by atoms with Crippen molar-refractivity contribution in [3.63, 3.8) is 0 Å². The maximum absolute atomic E-state index is 14.0. The quantitative estimate of drug-likeness (QED) is 0.206. The predicted molar refractivity (Wildman–Crippen MR) is 194 cm³/mol. The van der Waals surface area contributed by atoms with E-state index < -0.39 is 23.5 Å². The first-order valence-corrected chi connectivity index (χ1v) is 18.7. The van der Waals surface area contributed by atoms with Crippen molar-refractivity contribution < 1.29 is 33.4 Å². The fourth-order valence-corrected chi connectivity index (χ4v) is 6.82. The molecular formula is C36H51N3O7S2. The highest BCUT2D eigenvalue weighted by molar-refractivity contribution is 8.13. The van der Waals surface area contributed by atoms with E-state index in [-0.39, 0.29) is 41.6 Å². The van der Waals surface area contributed by atoms with Gasteiger partial charge in [-0.05, 0) is 101 Å². The number of nitrogens with zero attached hydrogens (tertiary/aromatic N) is 1. The van der Waals surface area contributed by atoms with Crippen molar-refractivity contribution in [2.75, 3.05) is 43.7 Å². The summed E-state index contributed by atoms with van der Waals surface area (Å²) in [5.74, 6) is -0.372. The van der Waals surface area contributed by atoms with Gasteiger partial charge < -0.3 is 29.7 Å². The Hall–Kier alpha value is -3.06. The summed E-state index contributed by atoms with van der Waals surface area (Å²) in [5, 5.41) is 6.07. The van der Waals surface area contributed by atoms with Crippen LogP contribution in [-0.4, -0.2) is 90.9 Å². The number of benzene rings is 2. The summed E-state index contributed by atoms with van der Waals surface area (Å²) in [5.41, 5.74) is 2.16. The molecule has 0 spiro atoms. The number of anilines is 1. The van der Waals surface area contributed by atoms with Crippen LogP contribution in [0.15, 0.2) is 48.5 Å². The minimum absolute atomic E-state index is 0.000762. The summed E-state index contributed by atoms with van der Waals surface area (Å²) in [4.78, 5) is 54.7. The largest absolute Gasteiger partial charge is 0.461 e. The Labute approximate surface area is 293 Å². The second-order valence-electron chi connectivity index (χ2n) is 13.1. The molecule has 48 heavy (non-hydrogen) atoms. The molecule has 264 valence electrons. The Morgan fingerprint density at radius 2 is 1.81 bits per heavy atom. The summed E-state index contributed by atoms with van der Waals surface area (Å²) in [6, 6.07) is 14.4. The molecule has 1 aliphatic rings. The van der Waals surface area contributed by atoms with Gasteiger partial charge in [0.1, 0.15) is 11.6 Å². The first-order chi connectivity index (χ1) is 22.8. The zero-order chi connectivity index (χ0) is 35.3. The van der Waals surface area contributed by atoms with Crippen LogP contribution in [-0.2, 0) is 30.2 Å². The van der Waals surface area contributed by atoms with Gasteiger partial charge >= 0.3 is 11.3 Å². The van der Waals surface area contributed by atoms with Gasteiger partial charge in [-0.2, -0.15) is 11.8 Å². The van der Waals surface area contributed by atoms with Gasteiger partial charge in [-0.1, -0.05) is 36.4 Å². The van der Waals surface area contributed by atoms with Crippen LogP contribution >= 0.6 is 23.5 Å². The van der Waals surface area contributed by atoms with Gasteiger partial charge in [0.25, 0.3) is 5.91 Å². The zero-order valence-electron chi connectivity index (χ0n) is 29.2. The molecule has 0 saturated carbocycles. The molecular weight excluding hydrogens is 651 g/mol. The molecule has 0 aliphatic carbocycles. The molecule has 2 N–H and O–H groups in total. The monoisotopic (exact) mass is 701 g/mol. The molecule has 2 aromatic carbocycles. The van der Waals surface area contributed by atoms with Gasteiger partial charge in [-0.15, -0.1) is 0 Å². The van der Waals surface area contributed by atoms with E-state index >= 15 is 0 Å². The van der Waals surface area contributed by atoms with Crippen LogP contribution in [0.2, 0.25) is 0 Å². The Kier molecular flexibility index (Phi) is 15.8. The number of ether oxygens (including phenoxy) is 3. The smallest absolute Gasteiger partial charge is 0.368 e. The SMILES string of the molecule is COCCC(=O)N(CC1CC(SC(=O)OC(C)(C)C)CN1)c1ccc(Cc2ccccc2)c(C(=O)NC(CCSC)C(=O)OC(C)C)c1. The third-order valence-electron chi connectivity index (χ3n) is 7.50. The Bertz CT molecular complexity index is 1370. The molecule has 3 rings (SSSR count). The summed E-state index contributed by atoms with van der Waals surface area (Å²) in [7, 11) is 1.55. The summed E-state index contributed by atoms with van der Waals surface area (Å²) < 4.78 is 16.2. The van der Waals surface area contributed by atoms with Crippen molar-refractivity contribution in [2.45, 2.75) is 89.3 Å². The van der Waals surface area contributed by atoms with Gasteiger partial charge in [0.05, 0.1) is 19.1 Å². The van der Waals surface area contributed by atoms with Gasteiger partial charge in [-0.3, -0.25) is 9.59 Å². The van der Waals surface area contributed by atoms with Crippen LogP contribution in [0, 0.1) is 0 Å². The molecule has 2 aromatic rings. The lowest BCUT2D eigenvalue weighted by molar-refractivity contribution is -0.149. The zero-order valence-corrected chi connectivity index (χ0v) is 30.8. The minimum atomic E-state index is -0.817. The molecule has 3 atom stereocenters. The molecule has 2 amide bonds. The first-order valence-electron chi connectivity index (χ1n) is 16.4. The number of carbonyl (C=O) groups is 4. The second kappa shape index (κ2) is 19.2. The molecule has 3 unspecified atom stereocenters. The van der Waals surface area contributed by atoms with Crippen LogP contribution in [0.1, 0.15) is 75.4 Å². The highest BCUT2D eigenvalue weighted by atomic mass is 32.2. The van der Waals surface area contributed by atoms with Gasteiger partial charge in [0.15, 0.2) is 0 Å². The lowest BCUT2D eigenvalue weighted by atomic mass is 9.97. The molecule has 10 nitrogen and oxygen atoms in total. The van der Waals surface area contributed by atoms with E-state index in [4.69, 9.17) is 14.2 Å². The second-order valence-corrected chi connectivity index (χ2v) is 15.3. The van der Waals surface area contributed by atoms with E-state index in [1.165, 1.54) is 11.8 Å². The maximum atomic E-state index is 14.0. The molecule has 12 heteroatoms.